The third kappa shape index (κ3) is 3.87. The molecule has 1 aromatic rings. The highest BCUT2D eigenvalue weighted by Gasteiger charge is 2.08. The number of amides is 2. The van der Waals surface area contributed by atoms with Crippen LogP contribution < -0.4 is 5.32 Å². The zero-order chi connectivity index (χ0) is 11.4. The highest BCUT2D eigenvalue weighted by molar-refractivity contribution is 7.10. The van der Waals surface area contributed by atoms with Crippen molar-refractivity contribution in [2.75, 3.05) is 19.4 Å². The van der Waals surface area contributed by atoms with Gasteiger partial charge in [-0.2, -0.15) is 4.37 Å². The molecule has 0 saturated carbocycles. The van der Waals surface area contributed by atoms with E-state index in [4.69, 9.17) is 0 Å². The zero-order valence-corrected chi connectivity index (χ0v) is 10.4. The monoisotopic (exact) mass is 227 g/mol. The van der Waals surface area contributed by atoms with Crippen LogP contribution in [-0.4, -0.2) is 29.4 Å². The number of urea groups is 1. The van der Waals surface area contributed by atoms with E-state index in [9.17, 15) is 4.79 Å². The maximum Gasteiger partial charge on any atom is 0.321 e. The highest BCUT2D eigenvalue weighted by atomic mass is 32.1. The first-order valence-corrected chi connectivity index (χ1v) is 5.70. The molecular formula is C10H17N3OS. The molecule has 1 heterocycles. The summed E-state index contributed by atoms with van der Waals surface area (Å²) in [6.07, 6.45) is 0.953. The predicted molar refractivity (Wildman–Crippen MR) is 63.4 cm³/mol. The Labute approximate surface area is 94.5 Å². The molecule has 0 unspecified atom stereocenters. The molecule has 1 rings (SSSR count). The number of carbonyl (C=O) groups excluding carboxylic acids is 1. The fourth-order valence-corrected chi connectivity index (χ4v) is 1.77. The van der Waals surface area contributed by atoms with Crippen LogP contribution in [0.4, 0.5) is 9.80 Å². The summed E-state index contributed by atoms with van der Waals surface area (Å²) < 4.78 is 4.28. The second-order valence-corrected chi connectivity index (χ2v) is 4.91. The largest absolute Gasteiger partial charge is 0.331 e. The molecule has 4 nitrogen and oxygen atoms in total. The summed E-state index contributed by atoms with van der Waals surface area (Å²) in [6.45, 7) is 4.30. The summed E-state index contributed by atoms with van der Waals surface area (Å²) in [5.41, 5.74) is 1.05. The van der Waals surface area contributed by atoms with Crippen LogP contribution in [0.5, 0.6) is 0 Å². The molecule has 0 bridgehead atoms. The lowest BCUT2D eigenvalue weighted by atomic mass is 10.1. The first kappa shape index (κ1) is 12.0. The Kier molecular flexibility index (Phi) is 4.08. The second kappa shape index (κ2) is 5.11. The lowest BCUT2D eigenvalue weighted by Gasteiger charge is -2.09. The molecule has 0 spiro atoms. The van der Waals surface area contributed by atoms with E-state index >= 15 is 0 Å². The first-order chi connectivity index (χ1) is 6.99. The molecule has 5 heteroatoms. The quantitative estimate of drug-likeness (QED) is 0.862. The van der Waals surface area contributed by atoms with Gasteiger partial charge in [0.05, 0.1) is 5.69 Å². The van der Waals surface area contributed by atoms with Gasteiger partial charge < -0.3 is 4.90 Å². The summed E-state index contributed by atoms with van der Waals surface area (Å²) in [4.78, 5) is 12.8. The van der Waals surface area contributed by atoms with Gasteiger partial charge in [0.15, 0.2) is 0 Å². The summed E-state index contributed by atoms with van der Waals surface area (Å²) in [5, 5.41) is 3.59. The van der Waals surface area contributed by atoms with Crippen molar-refractivity contribution in [3.8, 4) is 0 Å². The molecule has 0 aliphatic heterocycles. The molecule has 0 atom stereocenters. The molecule has 0 saturated heterocycles. The number of anilines is 1. The van der Waals surface area contributed by atoms with Crippen molar-refractivity contribution in [2.24, 2.45) is 5.92 Å². The Hall–Kier alpha value is -1.10. The molecule has 0 aromatic carbocycles. The van der Waals surface area contributed by atoms with Gasteiger partial charge in [-0.3, -0.25) is 5.32 Å². The van der Waals surface area contributed by atoms with Crippen LogP contribution in [0.1, 0.15) is 19.5 Å². The summed E-state index contributed by atoms with van der Waals surface area (Å²) in [6, 6.07) is 1.82. The van der Waals surface area contributed by atoms with E-state index in [0.29, 0.717) is 5.92 Å². The van der Waals surface area contributed by atoms with Crippen LogP contribution in [0.25, 0.3) is 0 Å². The first-order valence-electron chi connectivity index (χ1n) is 4.93. The standard InChI is InChI=1S/C10H17N3OS/c1-7(2)5-8-6-9(15-12-8)11-10(14)13(3)4/h6-7H,5H2,1-4H3,(H,11,14). The van der Waals surface area contributed by atoms with Crippen molar-refractivity contribution >= 4 is 22.6 Å². The Morgan fingerprint density at radius 2 is 2.27 bits per heavy atom. The van der Waals surface area contributed by atoms with Crippen LogP contribution >= 0.6 is 11.5 Å². The van der Waals surface area contributed by atoms with Gasteiger partial charge >= 0.3 is 6.03 Å². The van der Waals surface area contributed by atoms with E-state index in [1.165, 1.54) is 16.4 Å². The molecule has 84 valence electrons. The number of hydrogen-bond donors (Lipinski definition) is 1. The summed E-state index contributed by atoms with van der Waals surface area (Å²) >= 11 is 1.33. The zero-order valence-electron chi connectivity index (χ0n) is 9.57. The fraction of sp³-hybridized carbons (Fsp3) is 0.600. The minimum atomic E-state index is -0.116. The Morgan fingerprint density at radius 3 is 2.80 bits per heavy atom. The van der Waals surface area contributed by atoms with Gasteiger partial charge in [-0.1, -0.05) is 13.8 Å². The average Bonchev–Trinajstić information content (AvgIpc) is 2.51. The second-order valence-electron chi connectivity index (χ2n) is 4.11. The normalized spacial score (nSPS) is 10.5. The van der Waals surface area contributed by atoms with Gasteiger partial charge in [-0.05, 0) is 29.9 Å². The van der Waals surface area contributed by atoms with Crippen molar-refractivity contribution in [3.63, 3.8) is 0 Å². The average molecular weight is 227 g/mol. The smallest absolute Gasteiger partial charge is 0.321 e. The topological polar surface area (TPSA) is 45.2 Å². The minimum absolute atomic E-state index is 0.116. The third-order valence-electron chi connectivity index (χ3n) is 1.81. The number of hydrogen-bond acceptors (Lipinski definition) is 3. The van der Waals surface area contributed by atoms with E-state index < -0.39 is 0 Å². The SMILES string of the molecule is CC(C)Cc1cc(NC(=O)N(C)C)sn1. The Morgan fingerprint density at radius 1 is 1.60 bits per heavy atom. The number of carbonyl (C=O) groups is 1. The highest BCUT2D eigenvalue weighted by Crippen LogP contribution is 2.18. The van der Waals surface area contributed by atoms with Crippen LogP contribution in [-0.2, 0) is 6.42 Å². The lowest BCUT2D eigenvalue weighted by Crippen LogP contribution is -2.26. The number of nitrogens with zero attached hydrogens (tertiary/aromatic N) is 2. The lowest BCUT2D eigenvalue weighted by molar-refractivity contribution is 0.231. The molecule has 1 aromatic heterocycles. The van der Waals surface area contributed by atoms with Crippen molar-refractivity contribution in [1.29, 1.82) is 0 Å². The number of aromatic nitrogens is 1. The molecule has 2 amide bonds. The maximum absolute atomic E-state index is 11.3. The molecule has 0 aliphatic carbocycles. The maximum atomic E-state index is 11.3. The molecule has 0 radical (unpaired) electrons. The van der Waals surface area contributed by atoms with Crippen LogP contribution in [0.3, 0.4) is 0 Å². The van der Waals surface area contributed by atoms with E-state index in [2.05, 4.69) is 23.5 Å². The molecule has 15 heavy (non-hydrogen) atoms. The fourth-order valence-electron chi connectivity index (χ4n) is 1.10. The van der Waals surface area contributed by atoms with Crippen molar-refractivity contribution in [1.82, 2.24) is 9.27 Å². The molecule has 0 aliphatic rings. The summed E-state index contributed by atoms with van der Waals surface area (Å²) in [5.74, 6) is 0.588. The Balaban J connectivity index is 2.56. The predicted octanol–water partition coefficient (Wildman–Crippen LogP) is 2.44. The van der Waals surface area contributed by atoms with Gasteiger partial charge in [0.25, 0.3) is 0 Å². The third-order valence-corrected chi connectivity index (χ3v) is 2.56. The van der Waals surface area contributed by atoms with Crippen LogP contribution in [0, 0.1) is 5.92 Å². The van der Waals surface area contributed by atoms with E-state index in [0.717, 1.165) is 17.1 Å². The van der Waals surface area contributed by atoms with Gasteiger partial charge in [-0.15, -0.1) is 0 Å². The van der Waals surface area contributed by atoms with Gasteiger partial charge in [0.2, 0.25) is 0 Å². The summed E-state index contributed by atoms with van der Waals surface area (Å²) in [7, 11) is 3.43. The number of rotatable bonds is 3. The molecule has 0 fully saturated rings. The van der Waals surface area contributed by atoms with Crippen molar-refractivity contribution < 1.29 is 4.79 Å². The molecule has 1 N–H and O–H groups in total. The number of nitrogens with one attached hydrogen (secondary N) is 1. The van der Waals surface area contributed by atoms with Gasteiger partial charge in [0.1, 0.15) is 5.00 Å². The van der Waals surface area contributed by atoms with E-state index in [-0.39, 0.29) is 6.03 Å². The van der Waals surface area contributed by atoms with Gasteiger partial charge in [-0.25, -0.2) is 4.79 Å². The Bertz CT molecular complexity index is 333. The minimum Gasteiger partial charge on any atom is -0.331 e. The van der Waals surface area contributed by atoms with Crippen molar-refractivity contribution in [3.05, 3.63) is 11.8 Å². The van der Waals surface area contributed by atoms with E-state index in [1.54, 1.807) is 14.1 Å². The van der Waals surface area contributed by atoms with Gasteiger partial charge in [0, 0.05) is 14.1 Å². The molecular weight excluding hydrogens is 210 g/mol. The van der Waals surface area contributed by atoms with Crippen LogP contribution in [0.15, 0.2) is 6.07 Å². The van der Waals surface area contributed by atoms with Crippen molar-refractivity contribution in [2.45, 2.75) is 20.3 Å². The van der Waals surface area contributed by atoms with E-state index in [1.807, 2.05) is 6.07 Å². The van der Waals surface area contributed by atoms with Crippen LogP contribution in [0.2, 0.25) is 0 Å².